The van der Waals surface area contributed by atoms with Crippen molar-refractivity contribution in [3.63, 3.8) is 0 Å². The van der Waals surface area contributed by atoms with Gasteiger partial charge in [0.1, 0.15) is 0 Å². The van der Waals surface area contributed by atoms with Gasteiger partial charge in [-0.1, -0.05) is 18.2 Å². The van der Waals surface area contributed by atoms with E-state index in [0.717, 1.165) is 40.9 Å². The first-order valence-corrected chi connectivity index (χ1v) is 8.09. The summed E-state index contributed by atoms with van der Waals surface area (Å²) in [5, 5.41) is 5.73. The zero-order valence-electron chi connectivity index (χ0n) is 14.1. The number of hydrogen-bond acceptors (Lipinski definition) is 3. The zero-order chi connectivity index (χ0) is 17.1. The summed E-state index contributed by atoms with van der Waals surface area (Å²) in [6.07, 6.45) is 2.46. The first kappa shape index (κ1) is 18.8. The molecular formula is C19H22ClN3O2. The average molecular weight is 360 g/mol. The van der Waals surface area contributed by atoms with E-state index in [2.05, 4.69) is 10.6 Å². The normalized spacial score (nSPS) is 12.1. The molecule has 1 aliphatic heterocycles. The molecule has 3 rings (SSSR count). The van der Waals surface area contributed by atoms with Crippen molar-refractivity contribution in [2.45, 2.75) is 32.6 Å². The summed E-state index contributed by atoms with van der Waals surface area (Å²) < 4.78 is 0. The van der Waals surface area contributed by atoms with Gasteiger partial charge >= 0.3 is 0 Å². The highest BCUT2D eigenvalue weighted by Gasteiger charge is 2.17. The predicted molar refractivity (Wildman–Crippen MR) is 103 cm³/mol. The van der Waals surface area contributed by atoms with Crippen LogP contribution in [0.5, 0.6) is 0 Å². The van der Waals surface area contributed by atoms with E-state index in [4.69, 9.17) is 5.73 Å². The molecule has 1 aliphatic rings. The molecule has 0 unspecified atom stereocenters. The van der Waals surface area contributed by atoms with Crippen LogP contribution >= 0.6 is 12.4 Å². The fraction of sp³-hybridized carbons (Fsp3) is 0.263. The second-order valence-electron chi connectivity index (χ2n) is 6.19. The summed E-state index contributed by atoms with van der Waals surface area (Å²) in [5.41, 5.74) is 11.2. The van der Waals surface area contributed by atoms with Gasteiger partial charge in [0.05, 0.1) is 6.42 Å². The number of carbonyl (C=O) groups excluding carboxylic acids is 2. The Kier molecular flexibility index (Phi) is 6.04. The molecule has 25 heavy (non-hydrogen) atoms. The summed E-state index contributed by atoms with van der Waals surface area (Å²) in [6.45, 7) is 1.94. The molecule has 6 heteroatoms. The van der Waals surface area contributed by atoms with Gasteiger partial charge in [0.15, 0.2) is 0 Å². The Bertz CT molecular complexity index is 805. The Morgan fingerprint density at radius 2 is 2.04 bits per heavy atom. The Balaban J connectivity index is 0.00000225. The highest BCUT2D eigenvalue weighted by Crippen LogP contribution is 2.24. The smallest absolute Gasteiger partial charge is 0.228 e. The van der Waals surface area contributed by atoms with Crippen LogP contribution in [0.3, 0.4) is 0 Å². The van der Waals surface area contributed by atoms with Crippen LogP contribution in [-0.2, 0) is 22.4 Å². The lowest BCUT2D eigenvalue weighted by Gasteiger charge is -2.09. The number of nitrogens with one attached hydrogen (secondary N) is 2. The van der Waals surface area contributed by atoms with E-state index in [9.17, 15) is 9.59 Å². The van der Waals surface area contributed by atoms with Crippen LogP contribution in [0.1, 0.15) is 29.5 Å². The monoisotopic (exact) mass is 359 g/mol. The third kappa shape index (κ3) is 4.73. The Morgan fingerprint density at radius 1 is 1.24 bits per heavy atom. The lowest BCUT2D eigenvalue weighted by molar-refractivity contribution is -0.116. The summed E-state index contributed by atoms with van der Waals surface area (Å²) in [4.78, 5) is 23.5. The molecule has 5 nitrogen and oxygen atoms in total. The molecular weight excluding hydrogens is 338 g/mol. The van der Waals surface area contributed by atoms with Crippen LogP contribution < -0.4 is 16.4 Å². The van der Waals surface area contributed by atoms with Crippen LogP contribution in [0.2, 0.25) is 0 Å². The van der Waals surface area contributed by atoms with Crippen molar-refractivity contribution >= 4 is 41.3 Å². The lowest BCUT2D eigenvalue weighted by atomic mass is 10.0. The molecule has 0 atom stereocenters. The number of carbonyl (C=O) groups is 2. The van der Waals surface area contributed by atoms with Gasteiger partial charge in [-0.05, 0) is 54.7 Å². The first-order chi connectivity index (χ1) is 11.5. The van der Waals surface area contributed by atoms with E-state index < -0.39 is 0 Å². The number of nitrogen functional groups attached to an aromatic ring is 1. The molecule has 0 spiro atoms. The van der Waals surface area contributed by atoms with Crippen molar-refractivity contribution in [3.05, 3.63) is 53.1 Å². The predicted octanol–water partition coefficient (Wildman–Crippen LogP) is 3.46. The third-order valence-electron chi connectivity index (χ3n) is 4.20. The Hall–Kier alpha value is -2.53. The van der Waals surface area contributed by atoms with E-state index in [0.29, 0.717) is 18.5 Å². The quantitative estimate of drug-likeness (QED) is 0.715. The number of fused-ring (bicyclic) bond motifs is 1. The summed E-state index contributed by atoms with van der Waals surface area (Å²) in [5.74, 6) is 0.0285. The van der Waals surface area contributed by atoms with Gasteiger partial charge < -0.3 is 16.4 Å². The molecule has 0 saturated heterocycles. The number of halogens is 1. The standard InChI is InChI=1S/C19H21N3O2.ClH/c1-12-5-7-15(20)11-17(12)22-18(23)4-2-3-13-6-8-16-14(9-13)10-19(24)21-16;/h5-9,11H,2-4,10,20H2,1H3,(H,21,24)(H,22,23);1H. The molecule has 0 bridgehead atoms. The van der Waals surface area contributed by atoms with Crippen molar-refractivity contribution < 1.29 is 9.59 Å². The number of anilines is 3. The van der Waals surface area contributed by atoms with E-state index in [1.54, 1.807) is 6.07 Å². The highest BCUT2D eigenvalue weighted by atomic mass is 35.5. The molecule has 0 aliphatic carbocycles. The molecule has 4 N–H and O–H groups in total. The maximum Gasteiger partial charge on any atom is 0.228 e. The number of hydrogen-bond donors (Lipinski definition) is 3. The maximum atomic E-state index is 12.1. The SMILES string of the molecule is Cc1ccc(N)cc1NC(=O)CCCc1ccc2c(c1)CC(=O)N2.Cl. The number of benzene rings is 2. The van der Waals surface area contributed by atoms with Gasteiger partial charge in [-0.3, -0.25) is 9.59 Å². The van der Waals surface area contributed by atoms with Gasteiger partial charge in [-0.2, -0.15) is 0 Å². The van der Waals surface area contributed by atoms with Gasteiger partial charge in [-0.25, -0.2) is 0 Å². The number of amides is 2. The lowest BCUT2D eigenvalue weighted by Crippen LogP contribution is -2.12. The van der Waals surface area contributed by atoms with Gasteiger partial charge in [0.25, 0.3) is 0 Å². The summed E-state index contributed by atoms with van der Waals surface area (Å²) in [7, 11) is 0. The average Bonchev–Trinajstić information content (AvgIpc) is 2.90. The summed E-state index contributed by atoms with van der Waals surface area (Å²) >= 11 is 0. The molecule has 0 aromatic heterocycles. The topological polar surface area (TPSA) is 84.2 Å². The minimum Gasteiger partial charge on any atom is -0.399 e. The summed E-state index contributed by atoms with van der Waals surface area (Å²) in [6, 6.07) is 11.5. The fourth-order valence-corrected chi connectivity index (χ4v) is 2.88. The largest absolute Gasteiger partial charge is 0.399 e. The van der Waals surface area contributed by atoms with Crippen LogP contribution in [0.15, 0.2) is 36.4 Å². The molecule has 0 fully saturated rings. The van der Waals surface area contributed by atoms with E-state index >= 15 is 0 Å². The van der Waals surface area contributed by atoms with Crippen molar-refractivity contribution in [2.24, 2.45) is 0 Å². The van der Waals surface area contributed by atoms with Crippen molar-refractivity contribution in [3.8, 4) is 0 Å². The zero-order valence-corrected chi connectivity index (χ0v) is 14.9. The Morgan fingerprint density at radius 3 is 2.84 bits per heavy atom. The van der Waals surface area contributed by atoms with Crippen molar-refractivity contribution in [2.75, 3.05) is 16.4 Å². The van der Waals surface area contributed by atoms with Crippen LogP contribution in [0, 0.1) is 6.92 Å². The fourth-order valence-electron chi connectivity index (χ4n) is 2.88. The van der Waals surface area contributed by atoms with E-state index in [-0.39, 0.29) is 24.2 Å². The van der Waals surface area contributed by atoms with Gasteiger partial charge in [0.2, 0.25) is 11.8 Å². The second kappa shape index (κ2) is 8.03. The second-order valence-corrected chi connectivity index (χ2v) is 6.19. The van der Waals surface area contributed by atoms with Crippen molar-refractivity contribution in [1.29, 1.82) is 0 Å². The number of nitrogens with two attached hydrogens (primary N) is 1. The molecule has 2 aromatic carbocycles. The molecule has 0 radical (unpaired) electrons. The molecule has 1 heterocycles. The number of aryl methyl sites for hydroxylation is 2. The molecule has 132 valence electrons. The minimum atomic E-state index is -0.0123. The Labute approximate surface area is 153 Å². The first-order valence-electron chi connectivity index (χ1n) is 8.09. The number of rotatable bonds is 5. The van der Waals surface area contributed by atoms with Gasteiger partial charge in [0, 0.05) is 23.5 Å². The van der Waals surface area contributed by atoms with Crippen LogP contribution in [-0.4, -0.2) is 11.8 Å². The van der Waals surface area contributed by atoms with Gasteiger partial charge in [-0.15, -0.1) is 12.4 Å². The molecule has 0 saturated carbocycles. The minimum absolute atomic E-state index is 0. The van der Waals surface area contributed by atoms with E-state index in [1.165, 1.54) is 0 Å². The van der Waals surface area contributed by atoms with E-state index in [1.807, 2.05) is 37.3 Å². The molecule has 2 aromatic rings. The maximum absolute atomic E-state index is 12.1. The highest BCUT2D eigenvalue weighted by molar-refractivity contribution is 5.99. The molecule has 2 amide bonds. The van der Waals surface area contributed by atoms with Crippen molar-refractivity contribution in [1.82, 2.24) is 0 Å². The third-order valence-corrected chi connectivity index (χ3v) is 4.20. The van der Waals surface area contributed by atoms with Crippen LogP contribution in [0.25, 0.3) is 0 Å². The van der Waals surface area contributed by atoms with Crippen LogP contribution in [0.4, 0.5) is 17.1 Å².